The minimum Gasteiger partial charge on any atom is -0.497 e. The van der Waals surface area contributed by atoms with E-state index in [1.165, 1.54) is 12.1 Å². The van der Waals surface area contributed by atoms with Crippen molar-refractivity contribution in [2.45, 2.75) is 0 Å². The number of benzene rings is 2. The quantitative estimate of drug-likeness (QED) is 0.612. The van der Waals surface area contributed by atoms with E-state index in [0.29, 0.717) is 23.1 Å². The summed E-state index contributed by atoms with van der Waals surface area (Å²) in [4.78, 5) is 16.1. The lowest BCUT2D eigenvalue weighted by Gasteiger charge is -2.16. The number of rotatable bonds is 3. The van der Waals surface area contributed by atoms with Gasteiger partial charge in [-0.25, -0.2) is 18.6 Å². The standard InChI is InChI=1S/C20H13F2NO4/c1-25-14-4-2-12-6-11(10-26-18(12)9-14)7-17-20(24)27-19(23-17)15-5-3-13(21)8-16(15)22/h2-9H,10H2,1H3. The van der Waals surface area contributed by atoms with E-state index < -0.39 is 17.6 Å². The van der Waals surface area contributed by atoms with Crippen LogP contribution in [0.25, 0.3) is 6.08 Å². The van der Waals surface area contributed by atoms with E-state index in [0.717, 1.165) is 11.6 Å². The number of carbonyl (C=O) groups is 1. The van der Waals surface area contributed by atoms with Crippen LogP contribution in [0.3, 0.4) is 0 Å². The van der Waals surface area contributed by atoms with Crippen LogP contribution in [-0.4, -0.2) is 25.6 Å². The van der Waals surface area contributed by atoms with E-state index in [1.807, 2.05) is 12.1 Å². The molecule has 2 aromatic rings. The van der Waals surface area contributed by atoms with Crippen molar-refractivity contribution in [2.75, 3.05) is 13.7 Å². The molecule has 2 aliphatic heterocycles. The summed E-state index contributed by atoms with van der Waals surface area (Å²) in [6, 6.07) is 8.35. The summed E-state index contributed by atoms with van der Waals surface area (Å²) in [6.45, 7) is 0.229. The van der Waals surface area contributed by atoms with E-state index in [4.69, 9.17) is 14.2 Å². The van der Waals surface area contributed by atoms with Gasteiger partial charge < -0.3 is 14.2 Å². The van der Waals surface area contributed by atoms with Gasteiger partial charge in [-0.1, -0.05) is 0 Å². The van der Waals surface area contributed by atoms with E-state index >= 15 is 0 Å². The zero-order chi connectivity index (χ0) is 19.0. The van der Waals surface area contributed by atoms with Crippen molar-refractivity contribution < 1.29 is 27.8 Å². The average Bonchev–Trinajstić information content (AvgIpc) is 3.01. The molecule has 7 heteroatoms. The molecule has 0 bridgehead atoms. The first-order valence-corrected chi connectivity index (χ1v) is 8.03. The summed E-state index contributed by atoms with van der Waals surface area (Å²) >= 11 is 0. The predicted molar refractivity (Wildman–Crippen MR) is 93.5 cm³/mol. The fourth-order valence-electron chi connectivity index (χ4n) is 2.73. The molecule has 2 heterocycles. The molecule has 0 aromatic heterocycles. The molecule has 27 heavy (non-hydrogen) atoms. The molecule has 2 aliphatic rings. The Morgan fingerprint density at radius 3 is 2.81 bits per heavy atom. The number of hydrogen-bond donors (Lipinski definition) is 0. The van der Waals surface area contributed by atoms with Gasteiger partial charge >= 0.3 is 5.97 Å². The molecule has 0 saturated carbocycles. The third-order valence-electron chi connectivity index (χ3n) is 4.06. The zero-order valence-electron chi connectivity index (χ0n) is 14.2. The highest BCUT2D eigenvalue weighted by Crippen LogP contribution is 2.31. The van der Waals surface area contributed by atoms with Crippen molar-refractivity contribution in [1.29, 1.82) is 0 Å². The molecule has 0 spiro atoms. The summed E-state index contributed by atoms with van der Waals surface area (Å²) in [5.74, 6) is -1.15. The average molecular weight is 369 g/mol. The van der Waals surface area contributed by atoms with Crippen molar-refractivity contribution in [3.05, 3.63) is 76.5 Å². The minimum absolute atomic E-state index is 0.0144. The van der Waals surface area contributed by atoms with Gasteiger partial charge in [0.2, 0.25) is 5.90 Å². The second kappa shape index (κ2) is 6.68. The number of methoxy groups -OCH3 is 1. The van der Waals surface area contributed by atoms with E-state index in [1.54, 1.807) is 19.2 Å². The number of ether oxygens (including phenoxy) is 3. The number of aliphatic imine (C=N–C) groups is 1. The molecule has 0 N–H and O–H groups in total. The molecule has 0 fully saturated rings. The smallest absolute Gasteiger partial charge is 0.363 e. The Morgan fingerprint density at radius 2 is 2.04 bits per heavy atom. The highest BCUT2D eigenvalue weighted by atomic mass is 19.1. The van der Waals surface area contributed by atoms with E-state index in [2.05, 4.69) is 4.99 Å². The summed E-state index contributed by atoms with van der Waals surface area (Å²) in [6.07, 6.45) is 3.37. The zero-order valence-corrected chi connectivity index (χ0v) is 14.2. The first kappa shape index (κ1) is 17.0. The van der Waals surface area contributed by atoms with Gasteiger partial charge in [0.1, 0.15) is 29.7 Å². The van der Waals surface area contributed by atoms with Crippen LogP contribution in [0.5, 0.6) is 11.5 Å². The molecule has 0 amide bonds. The fourth-order valence-corrected chi connectivity index (χ4v) is 2.73. The number of esters is 1. The molecular formula is C20H13F2NO4. The molecule has 0 radical (unpaired) electrons. The molecule has 2 aromatic carbocycles. The van der Waals surface area contributed by atoms with Gasteiger partial charge in [-0.15, -0.1) is 0 Å². The second-order valence-corrected chi connectivity index (χ2v) is 5.87. The lowest BCUT2D eigenvalue weighted by molar-refractivity contribution is -0.130. The van der Waals surface area contributed by atoms with Crippen LogP contribution in [-0.2, 0) is 9.53 Å². The molecule has 0 atom stereocenters. The second-order valence-electron chi connectivity index (χ2n) is 5.87. The summed E-state index contributed by atoms with van der Waals surface area (Å²) in [5, 5.41) is 0. The Balaban J connectivity index is 1.64. The molecular weight excluding hydrogens is 356 g/mol. The normalized spacial score (nSPS) is 17.0. The molecule has 4 rings (SSSR count). The van der Waals surface area contributed by atoms with Crippen LogP contribution < -0.4 is 9.47 Å². The molecule has 0 saturated heterocycles. The van der Waals surface area contributed by atoms with Crippen LogP contribution in [0.2, 0.25) is 0 Å². The Morgan fingerprint density at radius 1 is 1.19 bits per heavy atom. The number of halogens is 2. The number of carbonyl (C=O) groups excluding carboxylic acids is 1. The maximum atomic E-state index is 13.9. The monoisotopic (exact) mass is 369 g/mol. The molecule has 0 unspecified atom stereocenters. The summed E-state index contributed by atoms with van der Waals surface area (Å²) in [5.41, 5.74) is 1.46. The highest BCUT2D eigenvalue weighted by molar-refractivity contribution is 6.11. The Kier molecular flexibility index (Phi) is 4.19. The van der Waals surface area contributed by atoms with Gasteiger partial charge in [0.05, 0.1) is 12.7 Å². The van der Waals surface area contributed by atoms with Gasteiger partial charge in [0.15, 0.2) is 5.70 Å². The number of hydrogen-bond acceptors (Lipinski definition) is 5. The van der Waals surface area contributed by atoms with Gasteiger partial charge in [-0.2, -0.15) is 0 Å². The third-order valence-corrected chi connectivity index (χ3v) is 4.06. The Hall–Kier alpha value is -3.48. The minimum atomic E-state index is -0.856. The van der Waals surface area contributed by atoms with Gasteiger partial charge in [0, 0.05) is 17.7 Å². The summed E-state index contributed by atoms with van der Waals surface area (Å²) in [7, 11) is 1.57. The lowest BCUT2D eigenvalue weighted by Crippen LogP contribution is -2.09. The maximum Gasteiger partial charge on any atom is 0.363 e. The van der Waals surface area contributed by atoms with Crippen molar-refractivity contribution in [1.82, 2.24) is 0 Å². The summed E-state index contributed by atoms with van der Waals surface area (Å²) < 4.78 is 42.8. The van der Waals surface area contributed by atoms with Crippen LogP contribution in [0.1, 0.15) is 11.1 Å². The highest BCUT2D eigenvalue weighted by Gasteiger charge is 2.27. The van der Waals surface area contributed by atoms with Crippen LogP contribution >= 0.6 is 0 Å². The number of fused-ring (bicyclic) bond motifs is 1. The predicted octanol–water partition coefficient (Wildman–Crippen LogP) is 3.64. The van der Waals surface area contributed by atoms with Crippen molar-refractivity contribution in [3.8, 4) is 11.5 Å². The van der Waals surface area contributed by atoms with E-state index in [-0.39, 0.29) is 23.8 Å². The van der Waals surface area contributed by atoms with Crippen LogP contribution in [0, 0.1) is 11.6 Å². The van der Waals surface area contributed by atoms with Gasteiger partial charge in [-0.05, 0) is 42.0 Å². The van der Waals surface area contributed by atoms with Crippen LogP contribution in [0.4, 0.5) is 8.78 Å². The SMILES string of the molecule is COc1ccc2c(c1)OCC(C=C1N=C(c3ccc(F)cc3F)OC1=O)=C2. The number of cyclic esters (lactones) is 1. The first-order chi connectivity index (χ1) is 13.0. The fraction of sp³-hybridized carbons (Fsp3) is 0.100. The van der Waals surface area contributed by atoms with Crippen LogP contribution in [0.15, 0.2) is 58.7 Å². The molecule has 5 nitrogen and oxygen atoms in total. The molecule has 136 valence electrons. The lowest BCUT2D eigenvalue weighted by atomic mass is 10.1. The van der Waals surface area contributed by atoms with E-state index in [9.17, 15) is 13.6 Å². The Bertz CT molecular complexity index is 1040. The first-order valence-electron chi connectivity index (χ1n) is 8.03. The Labute approximate surface area is 153 Å². The molecule has 0 aliphatic carbocycles. The van der Waals surface area contributed by atoms with Gasteiger partial charge in [0.25, 0.3) is 0 Å². The van der Waals surface area contributed by atoms with Gasteiger partial charge in [-0.3, -0.25) is 0 Å². The van der Waals surface area contributed by atoms with Crippen molar-refractivity contribution in [2.24, 2.45) is 4.99 Å². The number of nitrogens with zero attached hydrogens (tertiary/aromatic N) is 1. The van der Waals surface area contributed by atoms with Crippen molar-refractivity contribution in [3.63, 3.8) is 0 Å². The maximum absolute atomic E-state index is 13.9. The van der Waals surface area contributed by atoms with Crippen molar-refractivity contribution >= 4 is 17.9 Å². The third kappa shape index (κ3) is 3.31. The topological polar surface area (TPSA) is 57.1 Å². The largest absolute Gasteiger partial charge is 0.497 e.